The number of ether oxygens (including phenoxy) is 1. The number of benzene rings is 2. The number of halogens is 1. The second-order valence-electron chi connectivity index (χ2n) is 14.2. The largest absolute Gasteiger partial charge is 0.447 e. The summed E-state index contributed by atoms with van der Waals surface area (Å²) in [6.45, 7) is 24.7. The summed E-state index contributed by atoms with van der Waals surface area (Å²) in [7, 11) is -4.58. The first-order chi connectivity index (χ1) is 17.8. The Hall–Kier alpha value is -1.52. The van der Waals surface area contributed by atoms with Crippen molar-refractivity contribution in [2.45, 2.75) is 108 Å². The first-order valence-corrected chi connectivity index (χ1v) is 20.6. The van der Waals surface area contributed by atoms with Crippen molar-refractivity contribution >= 4 is 38.5 Å². The van der Waals surface area contributed by atoms with Crippen LogP contribution in [0.25, 0.3) is 0 Å². The Morgan fingerprint density at radius 2 is 1.28 bits per heavy atom. The molecule has 0 saturated carbocycles. The van der Waals surface area contributed by atoms with E-state index < -0.39 is 28.3 Å². The maximum atomic E-state index is 13.4. The van der Waals surface area contributed by atoms with Crippen molar-refractivity contribution in [3.8, 4) is 0 Å². The lowest BCUT2D eigenvalue weighted by Gasteiger charge is -2.55. The summed E-state index contributed by atoms with van der Waals surface area (Å²) in [6.07, 6.45) is -0.789. The van der Waals surface area contributed by atoms with Crippen molar-refractivity contribution in [3.05, 3.63) is 81.3 Å². The van der Waals surface area contributed by atoms with E-state index in [-0.39, 0.29) is 28.1 Å². The lowest BCUT2D eigenvalue weighted by atomic mass is 9.64. The van der Waals surface area contributed by atoms with Crippen LogP contribution in [-0.2, 0) is 18.4 Å². The SMILES string of the molecule is CC1=C(Br)C(=O)O[C@@]12[C@@H](O[Si](C)(C)C(C)(C)C)c1ccccc1[C@@H](O[Si](C)(C)C(C)(C)C)[C@@H]2c1ccccc1. The van der Waals surface area contributed by atoms with Gasteiger partial charge in [0, 0.05) is 0 Å². The Balaban J connectivity index is 2.09. The minimum absolute atomic E-state index is 0.00263. The zero-order valence-corrected chi connectivity index (χ0v) is 29.0. The van der Waals surface area contributed by atoms with Gasteiger partial charge in [0.1, 0.15) is 10.6 Å². The topological polar surface area (TPSA) is 44.8 Å². The second kappa shape index (κ2) is 10.1. The highest BCUT2D eigenvalue weighted by molar-refractivity contribution is 9.12. The molecule has 4 nitrogen and oxygen atoms in total. The highest BCUT2D eigenvalue weighted by atomic mass is 79.9. The van der Waals surface area contributed by atoms with Crippen LogP contribution < -0.4 is 0 Å². The highest BCUT2D eigenvalue weighted by Gasteiger charge is 2.65. The molecule has 0 aromatic heterocycles. The van der Waals surface area contributed by atoms with Crippen LogP contribution in [-0.4, -0.2) is 28.2 Å². The molecule has 1 heterocycles. The molecule has 4 atom stereocenters. The van der Waals surface area contributed by atoms with E-state index in [0.29, 0.717) is 4.48 Å². The van der Waals surface area contributed by atoms with Crippen LogP contribution in [0.15, 0.2) is 64.7 Å². The Kier molecular flexibility index (Phi) is 7.87. The lowest BCUT2D eigenvalue weighted by molar-refractivity contribution is -0.166. The fourth-order valence-corrected chi connectivity index (χ4v) is 8.17. The average molecular weight is 630 g/mol. The third-order valence-corrected chi connectivity index (χ3v) is 19.5. The number of hydrogen-bond donors (Lipinski definition) is 0. The summed E-state index contributed by atoms with van der Waals surface area (Å²) in [5, 5.41) is -0.0278. The minimum atomic E-state index is -2.32. The molecule has 1 aliphatic heterocycles. The quantitative estimate of drug-likeness (QED) is 0.244. The van der Waals surface area contributed by atoms with Crippen molar-refractivity contribution in [2.75, 3.05) is 0 Å². The van der Waals surface area contributed by atoms with Crippen LogP contribution in [0, 0.1) is 0 Å². The van der Waals surface area contributed by atoms with Crippen LogP contribution >= 0.6 is 15.9 Å². The van der Waals surface area contributed by atoms with Gasteiger partial charge in [-0.05, 0) is 81.4 Å². The fraction of sp³-hybridized carbons (Fsp3) is 0.531. The van der Waals surface area contributed by atoms with Gasteiger partial charge in [0.05, 0.1) is 12.0 Å². The molecule has 0 bridgehead atoms. The Morgan fingerprint density at radius 1 is 0.795 bits per heavy atom. The van der Waals surface area contributed by atoms with Crippen LogP contribution in [0.3, 0.4) is 0 Å². The van der Waals surface area contributed by atoms with Crippen LogP contribution in [0.5, 0.6) is 0 Å². The molecule has 1 aliphatic carbocycles. The summed E-state index contributed by atoms with van der Waals surface area (Å²) in [4.78, 5) is 13.4. The predicted octanol–water partition coefficient (Wildman–Crippen LogP) is 9.57. The van der Waals surface area contributed by atoms with E-state index in [1.165, 1.54) is 0 Å². The van der Waals surface area contributed by atoms with Crippen molar-refractivity contribution in [1.29, 1.82) is 0 Å². The molecule has 1 spiro atoms. The van der Waals surface area contributed by atoms with Gasteiger partial charge in [-0.1, -0.05) is 96.1 Å². The molecule has 0 fully saturated rings. The molecular formula is C32H45BrO4Si2. The van der Waals surface area contributed by atoms with Gasteiger partial charge >= 0.3 is 5.97 Å². The molecule has 0 amide bonds. The van der Waals surface area contributed by atoms with Gasteiger partial charge < -0.3 is 13.6 Å². The van der Waals surface area contributed by atoms with E-state index in [0.717, 1.165) is 22.3 Å². The summed E-state index contributed by atoms with van der Waals surface area (Å²) < 4.78 is 21.8. The van der Waals surface area contributed by atoms with Crippen molar-refractivity contribution < 1.29 is 18.4 Å². The molecule has 0 saturated heterocycles. The van der Waals surface area contributed by atoms with Crippen LogP contribution in [0.2, 0.25) is 36.3 Å². The number of fused-ring (bicyclic) bond motifs is 1. The molecular weight excluding hydrogens is 584 g/mol. The van der Waals surface area contributed by atoms with Gasteiger partial charge in [-0.2, -0.15) is 0 Å². The van der Waals surface area contributed by atoms with E-state index in [9.17, 15) is 4.79 Å². The lowest BCUT2D eigenvalue weighted by Crippen LogP contribution is -2.56. The van der Waals surface area contributed by atoms with E-state index in [1.807, 2.05) is 13.0 Å². The smallest absolute Gasteiger partial charge is 0.346 e. The summed E-state index contributed by atoms with van der Waals surface area (Å²) in [6, 6.07) is 18.9. The Labute approximate surface area is 245 Å². The zero-order valence-electron chi connectivity index (χ0n) is 25.4. The number of rotatable bonds is 5. The third-order valence-electron chi connectivity index (χ3n) is 9.70. The maximum Gasteiger partial charge on any atom is 0.346 e. The first kappa shape index (κ1) is 30.4. The fourth-order valence-electron chi connectivity index (χ4n) is 5.28. The van der Waals surface area contributed by atoms with Crippen molar-refractivity contribution in [2.24, 2.45) is 0 Å². The molecule has 0 N–H and O–H groups in total. The third kappa shape index (κ3) is 5.07. The Morgan fingerprint density at radius 3 is 1.77 bits per heavy atom. The monoisotopic (exact) mass is 628 g/mol. The van der Waals surface area contributed by atoms with Gasteiger partial charge in [0.2, 0.25) is 0 Å². The van der Waals surface area contributed by atoms with Crippen molar-refractivity contribution in [3.63, 3.8) is 0 Å². The molecule has 4 rings (SSSR count). The van der Waals surface area contributed by atoms with Crippen LogP contribution in [0.4, 0.5) is 0 Å². The number of esters is 1. The summed E-state index contributed by atoms with van der Waals surface area (Å²) >= 11 is 3.61. The molecule has 2 aromatic rings. The maximum absolute atomic E-state index is 13.4. The number of carbonyl (C=O) groups is 1. The molecule has 2 aliphatic rings. The summed E-state index contributed by atoms with van der Waals surface area (Å²) in [5.74, 6) is -0.640. The number of hydrogen-bond acceptors (Lipinski definition) is 4. The van der Waals surface area contributed by atoms with Gasteiger partial charge in [0.25, 0.3) is 0 Å². The molecule has 0 unspecified atom stereocenters. The standard InChI is InChI=1S/C32H45BrO4Si2/c1-21-26(33)29(34)35-32(21)25(22-17-13-12-14-18-22)27(36-38(8,9)30(2,3)4)23-19-15-16-20-24(23)28(32)37-39(10,11)31(5,6)7/h12-20,25,27-28H,1-11H3/t25-,27+,28-,32-/m0/s1. The van der Waals surface area contributed by atoms with Gasteiger partial charge in [-0.3, -0.25) is 0 Å². The van der Waals surface area contributed by atoms with Crippen LogP contribution in [0.1, 0.15) is 83.3 Å². The molecule has 2 aromatic carbocycles. The van der Waals surface area contributed by atoms with E-state index in [1.54, 1.807) is 0 Å². The molecule has 212 valence electrons. The minimum Gasteiger partial charge on any atom is -0.447 e. The van der Waals surface area contributed by atoms with Gasteiger partial charge in [0.15, 0.2) is 22.2 Å². The molecule has 39 heavy (non-hydrogen) atoms. The number of carbonyl (C=O) groups excluding carboxylic acids is 1. The highest BCUT2D eigenvalue weighted by Crippen LogP contribution is 2.63. The van der Waals surface area contributed by atoms with Crippen molar-refractivity contribution in [1.82, 2.24) is 0 Å². The predicted molar refractivity (Wildman–Crippen MR) is 168 cm³/mol. The molecule has 7 heteroatoms. The van der Waals surface area contributed by atoms with E-state index in [2.05, 4.69) is 132 Å². The normalized spacial score (nSPS) is 26.2. The zero-order chi connectivity index (χ0) is 29.2. The van der Waals surface area contributed by atoms with Gasteiger partial charge in [-0.15, -0.1) is 0 Å². The second-order valence-corrected chi connectivity index (χ2v) is 24.5. The summed E-state index contributed by atoms with van der Waals surface area (Å²) in [5.41, 5.74) is 3.05. The average Bonchev–Trinajstić information content (AvgIpc) is 3.05. The van der Waals surface area contributed by atoms with E-state index in [4.69, 9.17) is 13.6 Å². The van der Waals surface area contributed by atoms with E-state index >= 15 is 0 Å². The molecule has 0 radical (unpaired) electrons. The Bertz CT molecular complexity index is 1270. The first-order valence-electron chi connectivity index (χ1n) is 13.9. The van der Waals surface area contributed by atoms with Gasteiger partial charge in [-0.25, -0.2) is 4.79 Å².